The molecule has 0 saturated carbocycles. The Balaban J connectivity index is 3.04. The summed E-state index contributed by atoms with van der Waals surface area (Å²) in [6, 6.07) is 0. The van der Waals surface area contributed by atoms with Crippen molar-refractivity contribution >= 4 is 33.4 Å². The lowest BCUT2D eigenvalue weighted by atomic mass is 11.1. The number of hydrogen-bond acceptors (Lipinski definition) is 4. The molecule has 5 heteroatoms. The topological polar surface area (TPSA) is 51.8 Å². The first kappa shape index (κ1) is 4.99. The van der Waals surface area contributed by atoms with E-state index in [1.807, 2.05) is 0 Å². The van der Waals surface area contributed by atoms with E-state index < -0.39 is 0 Å². The minimum atomic E-state index is 0.330. The van der Waals surface area contributed by atoms with Crippen molar-refractivity contribution in [2.45, 2.75) is 0 Å². The smallest absolute Gasteiger partial charge is 0.233 e. The van der Waals surface area contributed by atoms with Crippen molar-refractivity contribution < 1.29 is 0 Å². The Morgan fingerprint density at radius 3 is 2.57 bits per heavy atom. The Labute approximate surface area is 52.9 Å². The van der Waals surface area contributed by atoms with Crippen LogP contribution in [0.15, 0.2) is 3.92 Å². The molecule has 0 aromatic carbocycles. The second-order valence-corrected chi connectivity index (χ2v) is 2.93. The molecule has 0 aliphatic heterocycles. The minimum Gasteiger partial charge on any atom is -0.367 e. The third kappa shape index (κ3) is 1.10. The minimum absolute atomic E-state index is 0.330. The number of nitrogens with zero attached hydrogens (tertiary/aromatic N) is 2. The number of nitrogens with two attached hydrogens (primary N) is 1. The standard InChI is InChI=1S/C2H2BrN3S/c3-1-5-2(4)6-7-1/h(H2,4,6). The van der Waals surface area contributed by atoms with Crippen LogP contribution in [0, 0.1) is 0 Å². The van der Waals surface area contributed by atoms with Gasteiger partial charge in [0, 0.05) is 0 Å². The van der Waals surface area contributed by atoms with Crippen LogP contribution < -0.4 is 5.73 Å². The van der Waals surface area contributed by atoms with Gasteiger partial charge in [0.05, 0.1) is 0 Å². The van der Waals surface area contributed by atoms with Crippen LogP contribution in [-0.2, 0) is 0 Å². The normalized spacial score (nSPS) is 9.29. The predicted molar refractivity (Wildman–Crippen MR) is 32.0 cm³/mol. The van der Waals surface area contributed by atoms with Crippen molar-refractivity contribution in [3.8, 4) is 0 Å². The molecular weight excluding hydrogens is 178 g/mol. The van der Waals surface area contributed by atoms with E-state index >= 15 is 0 Å². The fourth-order valence-corrected chi connectivity index (χ4v) is 0.958. The van der Waals surface area contributed by atoms with E-state index in [0.717, 1.165) is 3.92 Å². The molecule has 0 fully saturated rings. The molecule has 0 amide bonds. The van der Waals surface area contributed by atoms with Gasteiger partial charge < -0.3 is 5.73 Å². The van der Waals surface area contributed by atoms with Crippen molar-refractivity contribution in [2.24, 2.45) is 0 Å². The summed E-state index contributed by atoms with van der Waals surface area (Å²) in [5.74, 6) is 0.330. The van der Waals surface area contributed by atoms with E-state index in [9.17, 15) is 0 Å². The molecule has 1 heterocycles. The summed E-state index contributed by atoms with van der Waals surface area (Å²) >= 11 is 4.33. The molecule has 0 atom stereocenters. The Bertz CT molecular complexity index is 145. The van der Waals surface area contributed by atoms with Crippen molar-refractivity contribution in [3.63, 3.8) is 0 Å². The fourth-order valence-electron chi connectivity index (χ4n) is 0.215. The highest BCUT2D eigenvalue weighted by molar-refractivity contribution is 9.11. The van der Waals surface area contributed by atoms with Crippen LogP contribution in [0.1, 0.15) is 0 Å². The monoisotopic (exact) mass is 179 g/mol. The number of halogens is 1. The lowest BCUT2D eigenvalue weighted by molar-refractivity contribution is 1.32. The van der Waals surface area contributed by atoms with E-state index in [1.54, 1.807) is 0 Å². The number of aromatic nitrogens is 2. The Kier molecular flexibility index (Phi) is 1.25. The van der Waals surface area contributed by atoms with E-state index in [0.29, 0.717) is 5.95 Å². The maximum absolute atomic E-state index is 5.14. The number of anilines is 1. The van der Waals surface area contributed by atoms with Crippen LogP contribution >= 0.6 is 27.5 Å². The van der Waals surface area contributed by atoms with E-state index in [4.69, 9.17) is 5.73 Å². The average Bonchev–Trinajstić information content (AvgIpc) is 1.87. The van der Waals surface area contributed by atoms with Crippen LogP contribution in [-0.4, -0.2) is 9.36 Å². The summed E-state index contributed by atoms with van der Waals surface area (Å²) in [4.78, 5) is 3.71. The first-order chi connectivity index (χ1) is 3.29. The molecule has 1 aromatic rings. The number of nitrogen functional groups attached to an aromatic ring is 1. The lowest BCUT2D eigenvalue weighted by Crippen LogP contribution is -1.83. The summed E-state index contributed by atoms with van der Waals surface area (Å²) < 4.78 is 4.40. The zero-order chi connectivity index (χ0) is 5.28. The summed E-state index contributed by atoms with van der Waals surface area (Å²) in [7, 11) is 0. The van der Waals surface area contributed by atoms with E-state index in [-0.39, 0.29) is 0 Å². The summed E-state index contributed by atoms with van der Waals surface area (Å²) in [5.41, 5.74) is 5.14. The van der Waals surface area contributed by atoms with Crippen LogP contribution in [0.25, 0.3) is 0 Å². The van der Waals surface area contributed by atoms with Gasteiger partial charge in [-0.2, -0.15) is 9.36 Å². The van der Waals surface area contributed by atoms with Crippen LogP contribution in [0.2, 0.25) is 0 Å². The number of hydrogen-bond donors (Lipinski definition) is 1. The zero-order valence-electron chi connectivity index (χ0n) is 3.26. The van der Waals surface area contributed by atoms with Gasteiger partial charge >= 0.3 is 0 Å². The summed E-state index contributed by atoms with van der Waals surface area (Å²) in [5, 5.41) is 0. The second kappa shape index (κ2) is 1.75. The van der Waals surface area contributed by atoms with Gasteiger partial charge in [-0.1, -0.05) is 0 Å². The molecule has 0 aliphatic rings. The summed E-state index contributed by atoms with van der Waals surface area (Å²) in [6.45, 7) is 0. The Hall–Kier alpha value is -0.160. The molecule has 0 radical (unpaired) electrons. The second-order valence-electron chi connectivity index (χ2n) is 0.906. The van der Waals surface area contributed by atoms with Gasteiger partial charge in [0.2, 0.25) is 5.95 Å². The Morgan fingerprint density at radius 2 is 2.43 bits per heavy atom. The van der Waals surface area contributed by atoms with Crippen molar-refractivity contribution in [2.75, 3.05) is 5.73 Å². The van der Waals surface area contributed by atoms with Gasteiger partial charge in [-0.15, -0.1) is 0 Å². The van der Waals surface area contributed by atoms with E-state index in [2.05, 4.69) is 25.3 Å². The van der Waals surface area contributed by atoms with Crippen molar-refractivity contribution in [1.82, 2.24) is 9.36 Å². The first-order valence-electron chi connectivity index (χ1n) is 1.54. The van der Waals surface area contributed by atoms with Gasteiger partial charge in [0.15, 0.2) is 3.92 Å². The quantitative estimate of drug-likeness (QED) is 0.644. The van der Waals surface area contributed by atoms with Gasteiger partial charge in [-0.25, -0.2) is 0 Å². The zero-order valence-corrected chi connectivity index (χ0v) is 5.66. The molecule has 0 bridgehead atoms. The van der Waals surface area contributed by atoms with Crippen molar-refractivity contribution in [3.05, 3.63) is 3.92 Å². The van der Waals surface area contributed by atoms with Gasteiger partial charge in [-0.3, -0.25) is 0 Å². The largest absolute Gasteiger partial charge is 0.367 e. The highest BCUT2D eigenvalue weighted by Crippen LogP contribution is 2.11. The molecule has 38 valence electrons. The van der Waals surface area contributed by atoms with Crippen LogP contribution in [0.5, 0.6) is 0 Å². The van der Waals surface area contributed by atoms with Gasteiger partial charge in [0.1, 0.15) is 0 Å². The third-order valence-corrected chi connectivity index (χ3v) is 1.55. The van der Waals surface area contributed by atoms with Crippen LogP contribution in [0.3, 0.4) is 0 Å². The molecule has 3 nitrogen and oxygen atoms in total. The maximum atomic E-state index is 5.14. The molecule has 0 unspecified atom stereocenters. The first-order valence-corrected chi connectivity index (χ1v) is 3.10. The third-order valence-electron chi connectivity index (χ3n) is 0.417. The lowest BCUT2D eigenvalue weighted by Gasteiger charge is -1.67. The van der Waals surface area contributed by atoms with Gasteiger partial charge in [0.25, 0.3) is 0 Å². The molecule has 0 spiro atoms. The fraction of sp³-hybridized carbons (Fsp3) is 0. The molecule has 7 heavy (non-hydrogen) atoms. The van der Waals surface area contributed by atoms with Crippen LogP contribution in [0.4, 0.5) is 5.95 Å². The molecular formula is C2H2BrN3S. The SMILES string of the molecule is Nc1nsc(Br)n1. The van der Waals surface area contributed by atoms with E-state index in [1.165, 1.54) is 11.5 Å². The Morgan fingerprint density at radius 1 is 1.71 bits per heavy atom. The molecule has 2 N–H and O–H groups in total. The highest BCUT2D eigenvalue weighted by atomic mass is 79.9. The van der Waals surface area contributed by atoms with Gasteiger partial charge in [-0.05, 0) is 27.5 Å². The molecule has 1 rings (SSSR count). The summed E-state index contributed by atoms with van der Waals surface area (Å²) in [6.07, 6.45) is 0. The molecule has 1 aromatic heterocycles. The average molecular weight is 180 g/mol. The predicted octanol–water partition coefficient (Wildman–Crippen LogP) is 0.883. The van der Waals surface area contributed by atoms with Crippen molar-refractivity contribution in [1.29, 1.82) is 0 Å². The molecule has 0 saturated heterocycles. The highest BCUT2D eigenvalue weighted by Gasteiger charge is 1.90. The maximum Gasteiger partial charge on any atom is 0.233 e. The molecule has 0 aliphatic carbocycles. The number of rotatable bonds is 0.